The Labute approximate surface area is 124 Å². The van der Waals surface area contributed by atoms with Crippen LogP contribution in [0.1, 0.15) is 11.4 Å². The quantitative estimate of drug-likeness (QED) is 0.900. The summed E-state index contributed by atoms with van der Waals surface area (Å²) >= 11 is 5.85. The van der Waals surface area contributed by atoms with Crippen LogP contribution in [0.2, 0.25) is 5.02 Å². The van der Waals surface area contributed by atoms with Crippen molar-refractivity contribution in [2.75, 3.05) is 17.7 Å². The number of aromatic nitrogens is 2. The van der Waals surface area contributed by atoms with Gasteiger partial charge in [0.05, 0.1) is 0 Å². The standard InChI is InChI=1S/C13H12ClF3N4/c1-18-10-6-11(21-12(20-10)13(15,16)17)19-7-8-3-2-4-9(14)5-8/h2-6H,7H2,1H3,(H2,18,19,20,21). The highest BCUT2D eigenvalue weighted by Crippen LogP contribution is 2.28. The summed E-state index contributed by atoms with van der Waals surface area (Å²) in [6, 6.07) is 8.42. The topological polar surface area (TPSA) is 49.8 Å². The van der Waals surface area contributed by atoms with Crippen molar-refractivity contribution in [3.63, 3.8) is 0 Å². The zero-order valence-corrected chi connectivity index (χ0v) is 11.8. The Balaban J connectivity index is 2.19. The van der Waals surface area contributed by atoms with Crippen LogP contribution < -0.4 is 10.6 Å². The molecule has 0 unspecified atom stereocenters. The molecule has 0 aliphatic rings. The predicted octanol–water partition coefficient (Wildman–Crippen LogP) is 3.80. The first-order valence-corrected chi connectivity index (χ1v) is 6.38. The van der Waals surface area contributed by atoms with E-state index in [1.807, 2.05) is 6.07 Å². The summed E-state index contributed by atoms with van der Waals surface area (Å²) in [7, 11) is 1.49. The first kappa shape index (κ1) is 15.4. The van der Waals surface area contributed by atoms with Crippen molar-refractivity contribution in [1.29, 1.82) is 0 Å². The van der Waals surface area contributed by atoms with Gasteiger partial charge in [-0.1, -0.05) is 23.7 Å². The second-order valence-corrected chi connectivity index (χ2v) is 4.63. The van der Waals surface area contributed by atoms with Gasteiger partial charge in [0.25, 0.3) is 0 Å². The van der Waals surface area contributed by atoms with Gasteiger partial charge in [-0.25, -0.2) is 9.97 Å². The highest BCUT2D eigenvalue weighted by Gasteiger charge is 2.35. The first-order chi connectivity index (χ1) is 9.88. The van der Waals surface area contributed by atoms with Gasteiger partial charge in [0.15, 0.2) is 0 Å². The van der Waals surface area contributed by atoms with Crippen LogP contribution in [-0.4, -0.2) is 17.0 Å². The molecule has 1 heterocycles. The van der Waals surface area contributed by atoms with Crippen molar-refractivity contribution in [3.8, 4) is 0 Å². The molecule has 0 spiro atoms. The summed E-state index contributed by atoms with van der Waals surface area (Å²) in [4.78, 5) is 6.85. The van der Waals surface area contributed by atoms with Gasteiger partial charge in [-0.05, 0) is 17.7 Å². The van der Waals surface area contributed by atoms with E-state index in [1.54, 1.807) is 18.2 Å². The molecule has 0 saturated carbocycles. The smallest absolute Gasteiger partial charge is 0.373 e. The van der Waals surface area contributed by atoms with Crippen LogP contribution in [0.15, 0.2) is 30.3 Å². The molecule has 0 aliphatic heterocycles. The number of benzene rings is 1. The summed E-state index contributed by atoms with van der Waals surface area (Å²) in [6.07, 6.45) is -4.60. The van der Waals surface area contributed by atoms with Gasteiger partial charge in [0, 0.05) is 24.7 Å². The second-order valence-electron chi connectivity index (χ2n) is 4.19. The third-order valence-electron chi connectivity index (χ3n) is 2.60. The van der Waals surface area contributed by atoms with E-state index in [1.165, 1.54) is 13.1 Å². The average molecular weight is 317 g/mol. The van der Waals surface area contributed by atoms with Gasteiger partial charge >= 0.3 is 6.18 Å². The molecular formula is C13H12ClF3N4. The van der Waals surface area contributed by atoms with Gasteiger partial charge in [-0.15, -0.1) is 0 Å². The summed E-state index contributed by atoms with van der Waals surface area (Å²) in [5, 5.41) is 5.96. The van der Waals surface area contributed by atoms with E-state index in [9.17, 15) is 13.2 Å². The lowest BCUT2D eigenvalue weighted by atomic mass is 10.2. The summed E-state index contributed by atoms with van der Waals surface area (Å²) < 4.78 is 38.1. The molecule has 4 nitrogen and oxygen atoms in total. The second kappa shape index (κ2) is 6.17. The Morgan fingerprint density at radius 2 is 1.86 bits per heavy atom. The monoisotopic (exact) mass is 316 g/mol. The fraction of sp³-hybridized carbons (Fsp3) is 0.231. The van der Waals surface area contributed by atoms with Crippen molar-refractivity contribution in [3.05, 3.63) is 46.7 Å². The molecule has 0 saturated heterocycles. The molecule has 2 rings (SSSR count). The molecule has 8 heteroatoms. The van der Waals surface area contributed by atoms with E-state index >= 15 is 0 Å². The van der Waals surface area contributed by atoms with Crippen molar-refractivity contribution < 1.29 is 13.2 Å². The third kappa shape index (κ3) is 4.22. The normalized spacial score (nSPS) is 11.3. The van der Waals surface area contributed by atoms with E-state index in [4.69, 9.17) is 11.6 Å². The molecule has 0 bridgehead atoms. The van der Waals surface area contributed by atoms with Crippen LogP contribution in [0.3, 0.4) is 0 Å². The minimum absolute atomic E-state index is 0.0849. The number of rotatable bonds is 4. The van der Waals surface area contributed by atoms with Crippen LogP contribution in [0.4, 0.5) is 24.8 Å². The van der Waals surface area contributed by atoms with Crippen LogP contribution >= 0.6 is 11.6 Å². The molecule has 1 aromatic heterocycles. The van der Waals surface area contributed by atoms with Crippen molar-refractivity contribution in [2.24, 2.45) is 0 Å². The molecular weight excluding hydrogens is 305 g/mol. The van der Waals surface area contributed by atoms with Crippen LogP contribution in [0.5, 0.6) is 0 Å². The Morgan fingerprint density at radius 3 is 2.48 bits per heavy atom. The predicted molar refractivity (Wildman–Crippen MR) is 75.4 cm³/mol. The Morgan fingerprint density at radius 1 is 1.14 bits per heavy atom. The van der Waals surface area contributed by atoms with E-state index < -0.39 is 12.0 Å². The van der Waals surface area contributed by atoms with Gasteiger partial charge in [0.2, 0.25) is 5.82 Å². The summed E-state index contributed by atoms with van der Waals surface area (Å²) in [6.45, 7) is 0.304. The summed E-state index contributed by atoms with van der Waals surface area (Å²) in [5.41, 5.74) is 0.834. The number of nitrogens with zero attached hydrogens (tertiary/aromatic N) is 2. The third-order valence-corrected chi connectivity index (χ3v) is 2.83. The van der Waals surface area contributed by atoms with Crippen molar-refractivity contribution >= 4 is 23.2 Å². The van der Waals surface area contributed by atoms with Crippen molar-refractivity contribution in [1.82, 2.24) is 9.97 Å². The molecule has 1 aromatic carbocycles. The molecule has 21 heavy (non-hydrogen) atoms. The van der Waals surface area contributed by atoms with Gasteiger partial charge in [-0.3, -0.25) is 0 Å². The van der Waals surface area contributed by atoms with Crippen LogP contribution in [0, 0.1) is 0 Å². The highest BCUT2D eigenvalue weighted by molar-refractivity contribution is 6.30. The van der Waals surface area contributed by atoms with E-state index in [2.05, 4.69) is 20.6 Å². The molecule has 0 fully saturated rings. The molecule has 0 radical (unpaired) electrons. The minimum atomic E-state index is -4.60. The molecule has 0 amide bonds. The van der Waals surface area contributed by atoms with Gasteiger partial charge in [-0.2, -0.15) is 13.2 Å². The fourth-order valence-electron chi connectivity index (χ4n) is 1.63. The largest absolute Gasteiger partial charge is 0.451 e. The lowest BCUT2D eigenvalue weighted by Crippen LogP contribution is -2.14. The van der Waals surface area contributed by atoms with Crippen LogP contribution in [-0.2, 0) is 12.7 Å². The maximum atomic E-state index is 12.7. The number of hydrogen-bond acceptors (Lipinski definition) is 4. The lowest BCUT2D eigenvalue weighted by molar-refractivity contribution is -0.144. The number of nitrogens with one attached hydrogen (secondary N) is 2. The maximum Gasteiger partial charge on any atom is 0.451 e. The Kier molecular flexibility index (Phi) is 4.52. The molecule has 2 N–H and O–H groups in total. The number of halogens is 4. The molecule has 0 atom stereocenters. The van der Waals surface area contributed by atoms with Gasteiger partial charge < -0.3 is 10.6 Å². The van der Waals surface area contributed by atoms with Gasteiger partial charge in [0.1, 0.15) is 11.6 Å². The summed E-state index contributed by atoms with van der Waals surface area (Å²) in [5.74, 6) is -1.02. The van der Waals surface area contributed by atoms with E-state index in [-0.39, 0.29) is 11.6 Å². The molecule has 0 aliphatic carbocycles. The highest BCUT2D eigenvalue weighted by atomic mass is 35.5. The first-order valence-electron chi connectivity index (χ1n) is 6.01. The average Bonchev–Trinajstić information content (AvgIpc) is 2.44. The van der Waals surface area contributed by atoms with E-state index in [0.717, 1.165) is 5.56 Å². The SMILES string of the molecule is CNc1cc(NCc2cccc(Cl)c2)nc(C(F)(F)F)n1. The zero-order valence-electron chi connectivity index (χ0n) is 11.0. The van der Waals surface area contributed by atoms with Crippen LogP contribution in [0.25, 0.3) is 0 Å². The molecule has 112 valence electrons. The maximum absolute atomic E-state index is 12.7. The number of alkyl halides is 3. The Bertz CT molecular complexity index is 631. The Hall–Kier alpha value is -2.02. The fourth-order valence-corrected chi connectivity index (χ4v) is 1.85. The minimum Gasteiger partial charge on any atom is -0.373 e. The number of anilines is 2. The lowest BCUT2D eigenvalue weighted by Gasteiger charge is -2.11. The molecule has 2 aromatic rings. The number of hydrogen-bond donors (Lipinski definition) is 2. The van der Waals surface area contributed by atoms with E-state index in [0.29, 0.717) is 11.6 Å². The van der Waals surface area contributed by atoms with Crippen molar-refractivity contribution in [2.45, 2.75) is 12.7 Å². The zero-order chi connectivity index (χ0) is 15.5.